The molecule has 1 atom stereocenters. The van der Waals surface area contributed by atoms with Crippen molar-refractivity contribution in [2.45, 2.75) is 43.7 Å². The number of carboxylic acid groups (broad SMARTS) is 1. The van der Waals surface area contributed by atoms with Gasteiger partial charge in [-0.3, -0.25) is 4.79 Å². The number of hydrogen-bond donors (Lipinski definition) is 2. The van der Waals surface area contributed by atoms with Gasteiger partial charge in [0.05, 0.1) is 0 Å². The summed E-state index contributed by atoms with van der Waals surface area (Å²) in [6, 6.07) is 4.54. The van der Waals surface area contributed by atoms with Gasteiger partial charge in [-0.2, -0.15) is 0 Å². The van der Waals surface area contributed by atoms with Crippen LogP contribution in [0.4, 0.5) is 4.39 Å². The number of aliphatic carboxylic acids is 1. The van der Waals surface area contributed by atoms with Crippen LogP contribution in [0.15, 0.2) is 18.2 Å². The molecule has 1 aromatic carbocycles. The van der Waals surface area contributed by atoms with Crippen molar-refractivity contribution in [1.82, 2.24) is 5.32 Å². The summed E-state index contributed by atoms with van der Waals surface area (Å²) in [4.78, 5) is 23.7. The highest BCUT2D eigenvalue weighted by Crippen LogP contribution is 2.33. The first kappa shape index (κ1) is 13.9. The van der Waals surface area contributed by atoms with Gasteiger partial charge in [-0.25, -0.2) is 9.18 Å². The number of para-hydroxylation sites is 1. The molecule has 0 saturated heterocycles. The van der Waals surface area contributed by atoms with E-state index in [2.05, 4.69) is 5.32 Å². The Bertz CT molecular complexity index is 595. The third kappa shape index (κ3) is 2.34. The lowest BCUT2D eigenvalue weighted by atomic mass is 9.97. The second kappa shape index (κ2) is 5.02. The smallest absolute Gasteiger partial charge is 0.329 e. The number of nitrogens with one attached hydrogen (secondary N) is 1. The Morgan fingerprint density at radius 3 is 2.67 bits per heavy atom. The van der Waals surface area contributed by atoms with Crippen molar-refractivity contribution >= 4 is 11.9 Å². The predicted molar refractivity (Wildman–Crippen MR) is 71.5 cm³/mol. The molecule has 1 fully saturated rings. The summed E-state index contributed by atoms with van der Waals surface area (Å²) in [6.07, 6.45) is 1.77. The largest absolute Gasteiger partial charge is 0.480 e. The maximum absolute atomic E-state index is 13.6. The van der Waals surface area contributed by atoms with Crippen LogP contribution in [-0.2, 0) is 16.0 Å². The van der Waals surface area contributed by atoms with Gasteiger partial charge >= 0.3 is 5.97 Å². The molecule has 112 valence electrons. The van der Waals surface area contributed by atoms with Crippen molar-refractivity contribution in [3.63, 3.8) is 0 Å². The number of ether oxygens (including phenoxy) is 1. The summed E-state index contributed by atoms with van der Waals surface area (Å²) in [5.74, 6) is -1.92. The minimum Gasteiger partial charge on any atom is -0.480 e. The standard InChI is InChI=1S/C15H16FNO4/c16-10-5-3-4-9-8-11(21-12(9)10)13(18)17-15(14(19)20)6-1-2-7-15/h3-5,11H,1-2,6-8H2,(H,17,18)(H,19,20). The second-order valence-electron chi connectivity index (χ2n) is 5.62. The fourth-order valence-electron chi connectivity index (χ4n) is 3.06. The zero-order chi connectivity index (χ0) is 15.0. The molecule has 0 bridgehead atoms. The van der Waals surface area contributed by atoms with Crippen LogP contribution >= 0.6 is 0 Å². The lowest BCUT2D eigenvalue weighted by molar-refractivity contribution is -0.148. The van der Waals surface area contributed by atoms with Gasteiger partial charge in [-0.15, -0.1) is 0 Å². The van der Waals surface area contributed by atoms with E-state index in [1.807, 2.05) is 0 Å². The number of carbonyl (C=O) groups excluding carboxylic acids is 1. The molecule has 1 saturated carbocycles. The summed E-state index contributed by atoms with van der Waals surface area (Å²) in [7, 11) is 0. The van der Waals surface area contributed by atoms with Crippen LogP contribution in [0.5, 0.6) is 5.75 Å². The first-order valence-electron chi connectivity index (χ1n) is 7.01. The number of rotatable bonds is 3. The Morgan fingerprint density at radius 1 is 1.33 bits per heavy atom. The van der Waals surface area contributed by atoms with E-state index in [4.69, 9.17) is 4.74 Å². The molecule has 1 aromatic rings. The van der Waals surface area contributed by atoms with Crippen molar-refractivity contribution in [1.29, 1.82) is 0 Å². The summed E-state index contributed by atoms with van der Waals surface area (Å²) in [5, 5.41) is 12.0. The number of fused-ring (bicyclic) bond motifs is 1. The van der Waals surface area contributed by atoms with E-state index in [-0.39, 0.29) is 12.2 Å². The summed E-state index contributed by atoms with van der Waals surface area (Å²) in [6.45, 7) is 0. The number of amides is 1. The molecule has 1 aliphatic carbocycles. The molecule has 1 amide bonds. The molecule has 21 heavy (non-hydrogen) atoms. The highest BCUT2D eigenvalue weighted by atomic mass is 19.1. The van der Waals surface area contributed by atoms with E-state index in [1.165, 1.54) is 6.07 Å². The van der Waals surface area contributed by atoms with Crippen LogP contribution in [0.1, 0.15) is 31.2 Å². The third-order valence-electron chi connectivity index (χ3n) is 4.24. The zero-order valence-electron chi connectivity index (χ0n) is 11.4. The van der Waals surface area contributed by atoms with Crippen LogP contribution < -0.4 is 10.1 Å². The van der Waals surface area contributed by atoms with E-state index in [0.717, 1.165) is 12.8 Å². The minimum absolute atomic E-state index is 0.0912. The van der Waals surface area contributed by atoms with Crippen LogP contribution in [0.3, 0.4) is 0 Å². The lowest BCUT2D eigenvalue weighted by Gasteiger charge is -2.26. The number of carbonyl (C=O) groups is 2. The molecule has 0 aromatic heterocycles. The lowest BCUT2D eigenvalue weighted by Crippen LogP contribution is -2.55. The maximum Gasteiger partial charge on any atom is 0.329 e. The first-order chi connectivity index (χ1) is 10.0. The van der Waals surface area contributed by atoms with Crippen LogP contribution in [0.2, 0.25) is 0 Å². The van der Waals surface area contributed by atoms with Crippen molar-refractivity contribution in [3.8, 4) is 5.75 Å². The maximum atomic E-state index is 13.6. The molecule has 5 nitrogen and oxygen atoms in total. The Morgan fingerprint density at radius 2 is 2.05 bits per heavy atom. The highest BCUT2D eigenvalue weighted by Gasteiger charge is 2.44. The summed E-state index contributed by atoms with van der Waals surface area (Å²) < 4.78 is 18.9. The molecule has 2 N–H and O–H groups in total. The fourth-order valence-corrected chi connectivity index (χ4v) is 3.06. The predicted octanol–water partition coefficient (Wildman–Crippen LogP) is 1.64. The molecule has 1 heterocycles. The molecular formula is C15H16FNO4. The molecule has 1 aliphatic heterocycles. The van der Waals surface area contributed by atoms with Crippen LogP contribution in [0, 0.1) is 5.82 Å². The van der Waals surface area contributed by atoms with Gasteiger partial charge < -0.3 is 15.2 Å². The number of benzene rings is 1. The molecule has 0 spiro atoms. The quantitative estimate of drug-likeness (QED) is 0.888. The third-order valence-corrected chi connectivity index (χ3v) is 4.24. The molecular weight excluding hydrogens is 277 g/mol. The summed E-state index contributed by atoms with van der Waals surface area (Å²) >= 11 is 0. The Balaban J connectivity index is 1.73. The van der Waals surface area contributed by atoms with Gasteiger partial charge in [0.25, 0.3) is 5.91 Å². The highest BCUT2D eigenvalue weighted by molar-refractivity contribution is 5.90. The van der Waals surface area contributed by atoms with Gasteiger partial charge in [-0.1, -0.05) is 25.0 Å². The Kier molecular flexibility index (Phi) is 3.31. The van der Waals surface area contributed by atoms with Crippen LogP contribution in [-0.4, -0.2) is 28.6 Å². The van der Waals surface area contributed by atoms with Gasteiger partial charge in [0, 0.05) is 12.0 Å². The normalized spacial score (nSPS) is 22.4. The topological polar surface area (TPSA) is 75.6 Å². The monoisotopic (exact) mass is 293 g/mol. The molecule has 2 aliphatic rings. The van der Waals surface area contributed by atoms with Crippen molar-refractivity contribution in [2.24, 2.45) is 0 Å². The Labute approximate surface area is 121 Å². The first-order valence-corrected chi connectivity index (χ1v) is 7.01. The van der Waals surface area contributed by atoms with E-state index in [9.17, 15) is 19.1 Å². The average molecular weight is 293 g/mol. The molecule has 1 unspecified atom stereocenters. The summed E-state index contributed by atoms with van der Waals surface area (Å²) in [5.41, 5.74) is -0.570. The molecule has 0 radical (unpaired) electrons. The second-order valence-corrected chi connectivity index (χ2v) is 5.62. The number of hydrogen-bond acceptors (Lipinski definition) is 3. The molecule has 6 heteroatoms. The zero-order valence-corrected chi connectivity index (χ0v) is 11.4. The average Bonchev–Trinajstić information content (AvgIpc) is 3.06. The van der Waals surface area contributed by atoms with Gasteiger partial charge in [0.1, 0.15) is 5.54 Å². The Hall–Kier alpha value is -2.11. The van der Waals surface area contributed by atoms with Gasteiger partial charge in [-0.05, 0) is 18.9 Å². The van der Waals surface area contributed by atoms with Crippen molar-refractivity contribution in [3.05, 3.63) is 29.6 Å². The van der Waals surface area contributed by atoms with Gasteiger partial charge in [0.15, 0.2) is 17.7 Å². The molecule has 3 rings (SSSR count). The van der Waals surface area contributed by atoms with Crippen LogP contribution in [0.25, 0.3) is 0 Å². The fraction of sp³-hybridized carbons (Fsp3) is 0.467. The SMILES string of the molecule is O=C(NC1(C(=O)O)CCCC1)C1Cc2cccc(F)c2O1. The van der Waals surface area contributed by atoms with E-state index in [1.54, 1.807) is 12.1 Å². The van der Waals surface area contributed by atoms with E-state index < -0.39 is 29.3 Å². The van der Waals surface area contributed by atoms with E-state index >= 15 is 0 Å². The number of carboxylic acids is 1. The van der Waals surface area contributed by atoms with Gasteiger partial charge in [0.2, 0.25) is 0 Å². The van der Waals surface area contributed by atoms with Crippen molar-refractivity contribution < 1.29 is 23.8 Å². The minimum atomic E-state index is -1.20. The number of halogens is 1. The van der Waals surface area contributed by atoms with E-state index in [0.29, 0.717) is 18.4 Å². The van der Waals surface area contributed by atoms with Crippen molar-refractivity contribution in [2.75, 3.05) is 0 Å².